The van der Waals surface area contributed by atoms with Crippen molar-refractivity contribution in [2.45, 2.75) is 98.2 Å². The van der Waals surface area contributed by atoms with Gasteiger partial charge in [0.25, 0.3) is 16.6 Å². The molecule has 1 aromatic rings. The van der Waals surface area contributed by atoms with Crippen LogP contribution < -0.4 is 14.2 Å². The van der Waals surface area contributed by atoms with Crippen LogP contribution in [0.15, 0.2) is 18.2 Å². The molecule has 0 fully saturated rings. The summed E-state index contributed by atoms with van der Waals surface area (Å²) in [6.45, 7) is 27.1. The summed E-state index contributed by atoms with van der Waals surface area (Å²) in [4.78, 5) is 12.0. The summed E-state index contributed by atoms with van der Waals surface area (Å²) >= 11 is 0. The fourth-order valence-corrected chi connectivity index (χ4v) is 4.19. The van der Waals surface area contributed by atoms with Crippen LogP contribution in [0.4, 0.5) is 4.79 Å². The first-order valence-corrected chi connectivity index (χ1v) is 17.1. The predicted octanol–water partition coefficient (Wildman–Crippen LogP) is 7.34. The Labute approximate surface area is 192 Å². The Morgan fingerprint density at radius 1 is 0.903 bits per heavy atom. The van der Waals surface area contributed by atoms with Gasteiger partial charge < -0.3 is 18.9 Å². The lowest BCUT2D eigenvalue weighted by atomic mass is 10.2. The van der Waals surface area contributed by atoms with E-state index in [1.165, 1.54) is 0 Å². The molecule has 0 unspecified atom stereocenters. The van der Waals surface area contributed by atoms with Crippen molar-refractivity contribution in [2.24, 2.45) is 5.92 Å². The topological polar surface area (TPSA) is 56.8 Å². The Bertz CT molecular complexity index is 747. The second kappa shape index (κ2) is 9.98. The highest BCUT2D eigenvalue weighted by molar-refractivity contribution is 6.75. The number of hydrogen-bond donors (Lipinski definition) is 1. The van der Waals surface area contributed by atoms with Gasteiger partial charge in [0.1, 0.15) is 11.5 Å². The minimum Gasteiger partial charge on any atom is -0.541 e. The normalized spacial score (nSPS) is 13.2. The van der Waals surface area contributed by atoms with Gasteiger partial charge in [-0.3, -0.25) is 0 Å². The minimum atomic E-state index is -2.07. The zero-order valence-electron chi connectivity index (χ0n) is 21.9. The summed E-state index contributed by atoms with van der Waals surface area (Å²) in [7, 11) is -4.10. The lowest BCUT2D eigenvalue weighted by Crippen LogP contribution is -2.45. The van der Waals surface area contributed by atoms with E-state index in [1.807, 2.05) is 32.0 Å². The summed E-state index contributed by atoms with van der Waals surface area (Å²) in [5, 5.41) is 2.98. The molecule has 0 spiro atoms. The van der Waals surface area contributed by atoms with E-state index in [0.29, 0.717) is 19.1 Å². The second-order valence-corrected chi connectivity index (χ2v) is 21.3. The molecule has 0 saturated carbocycles. The van der Waals surface area contributed by atoms with E-state index in [2.05, 4.69) is 73.0 Å². The third-order valence-electron chi connectivity index (χ3n) is 6.34. The zero-order valence-corrected chi connectivity index (χ0v) is 23.9. The lowest BCUT2D eigenvalue weighted by Gasteiger charge is -2.39. The van der Waals surface area contributed by atoms with Gasteiger partial charge >= 0.3 is 6.09 Å². The van der Waals surface area contributed by atoms with Gasteiger partial charge in [0.15, 0.2) is 0 Å². The molecule has 7 heteroatoms. The van der Waals surface area contributed by atoms with Crippen LogP contribution in [0.1, 0.15) is 61.0 Å². The SMILES string of the molecule is CC(C)COC(=O)NCc1ccc(O[Si](C)(C)C(C)(C)C)c(O[Si](C)(C)C(C)(C)C)c1. The first-order valence-electron chi connectivity index (χ1n) is 11.3. The van der Waals surface area contributed by atoms with Gasteiger partial charge in [0.2, 0.25) is 0 Å². The summed E-state index contributed by atoms with van der Waals surface area (Å²) in [6.07, 6.45) is -0.401. The standard InChI is InChI=1S/C24H45NO4Si2/c1-18(2)17-27-22(26)25-16-19-13-14-20(28-30(9,10)23(3,4)5)21(15-19)29-31(11,12)24(6,7)8/h13-15,18H,16-17H2,1-12H3,(H,25,26). The molecule has 1 aromatic carbocycles. The maximum atomic E-state index is 12.0. The van der Waals surface area contributed by atoms with Crippen molar-refractivity contribution in [3.05, 3.63) is 23.8 Å². The predicted molar refractivity (Wildman–Crippen MR) is 135 cm³/mol. The molecule has 1 amide bonds. The molecular weight excluding hydrogens is 422 g/mol. The molecular formula is C24H45NO4Si2. The van der Waals surface area contributed by atoms with Gasteiger partial charge in [-0.15, -0.1) is 0 Å². The molecule has 31 heavy (non-hydrogen) atoms. The molecule has 1 N–H and O–H groups in total. The number of hydrogen-bond acceptors (Lipinski definition) is 4. The van der Waals surface area contributed by atoms with Gasteiger partial charge in [-0.2, -0.15) is 0 Å². The van der Waals surface area contributed by atoms with Crippen LogP contribution in [-0.2, 0) is 11.3 Å². The molecule has 0 aliphatic rings. The van der Waals surface area contributed by atoms with Gasteiger partial charge in [-0.25, -0.2) is 4.79 Å². The Kier molecular flexibility index (Phi) is 8.87. The van der Waals surface area contributed by atoms with Crippen molar-refractivity contribution in [1.29, 1.82) is 0 Å². The van der Waals surface area contributed by atoms with Crippen LogP contribution in [0.25, 0.3) is 0 Å². The van der Waals surface area contributed by atoms with Gasteiger partial charge in [0.05, 0.1) is 6.61 Å². The van der Waals surface area contributed by atoms with Gasteiger partial charge in [-0.1, -0.05) is 61.5 Å². The molecule has 178 valence electrons. The van der Waals surface area contributed by atoms with Crippen molar-refractivity contribution in [3.63, 3.8) is 0 Å². The smallest absolute Gasteiger partial charge is 0.407 e. The van der Waals surface area contributed by atoms with Crippen molar-refractivity contribution >= 4 is 22.7 Å². The van der Waals surface area contributed by atoms with Crippen LogP contribution in [-0.4, -0.2) is 29.3 Å². The van der Waals surface area contributed by atoms with E-state index in [1.54, 1.807) is 0 Å². The van der Waals surface area contributed by atoms with E-state index >= 15 is 0 Å². The van der Waals surface area contributed by atoms with Crippen molar-refractivity contribution in [1.82, 2.24) is 5.32 Å². The number of benzene rings is 1. The number of carbonyl (C=O) groups is 1. The molecule has 0 aliphatic heterocycles. The Morgan fingerprint density at radius 2 is 1.39 bits per heavy atom. The van der Waals surface area contributed by atoms with E-state index in [-0.39, 0.29) is 10.1 Å². The number of rotatable bonds is 8. The average molecular weight is 468 g/mol. The molecule has 0 radical (unpaired) electrons. The third kappa shape index (κ3) is 8.18. The number of carbonyl (C=O) groups excluding carboxylic acids is 1. The Hall–Kier alpha value is -1.48. The molecule has 0 bridgehead atoms. The first-order chi connectivity index (χ1) is 13.9. The summed E-state index contributed by atoms with van der Waals surface area (Å²) in [5.41, 5.74) is 0.956. The van der Waals surface area contributed by atoms with Crippen LogP contribution in [0, 0.1) is 5.92 Å². The molecule has 0 atom stereocenters. The van der Waals surface area contributed by atoms with Crippen LogP contribution in [0.3, 0.4) is 0 Å². The first kappa shape index (κ1) is 27.6. The quantitative estimate of drug-likeness (QED) is 0.406. The fraction of sp³-hybridized carbons (Fsp3) is 0.708. The number of alkyl carbamates (subject to hydrolysis) is 1. The molecule has 0 saturated heterocycles. The highest BCUT2D eigenvalue weighted by Crippen LogP contribution is 2.43. The number of nitrogens with one attached hydrogen (secondary N) is 1. The Morgan fingerprint density at radius 3 is 1.84 bits per heavy atom. The number of ether oxygens (including phenoxy) is 1. The largest absolute Gasteiger partial charge is 0.541 e. The molecule has 1 rings (SSSR count). The lowest BCUT2D eigenvalue weighted by molar-refractivity contribution is 0.132. The highest BCUT2D eigenvalue weighted by atomic mass is 28.4. The average Bonchev–Trinajstić information content (AvgIpc) is 2.57. The monoisotopic (exact) mass is 467 g/mol. The fourth-order valence-electron chi connectivity index (χ4n) is 2.15. The Balaban J connectivity index is 3.17. The molecule has 0 heterocycles. The molecule has 0 aliphatic carbocycles. The van der Waals surface area contributed by atoms with E-state index < -0.39 is 22.7 Å². The maximum Gasteiger partial charge on any atom is 0.407 e. The summed E-state index contributed by atoms with van der Waals surface area (Å²) in [5.74, 6) is 1.87. The maximum absolute atomic E-state index is 12.0. The molecule has 5 nitrogen and oxygen atoms in total. The van der Waals surface area contributed by atoms with Gasteiger partial charge in [0, 0.05) is 6.54 Å². The highest BCUT2D eigenvalue weighted by Gasteiger charge is 2.42. The summed E-state index contributed by atoms with van der Waals surface area (Å²) in [6, 6.07) is 5.98. The zero-order chi connectivity index (χ0) is 24.3. The van der Waals surface area contributed by atoms with E-state index in [9.17, 15) is 4.79 Å². The number of amides is 1. The minimum absolute atomic E-state index is 0.0656. The second-order valence-electron chi connectivity index (χ2n) is 11.9. The van der Waals surface area contributed by atoms with Gasteiger partial charge in [-0.05, 0) is 59.9 Å². The third-order valence-corrected chi connectivity index (χ3v) is 15.0. The molecule has 0 aromatic heterocycles. The van der Waals surface area contributed by atoms with Crippen LogP contribution >= 0.6 is 0 Å². The van der Waals surface area contributed by atoms with Crippen LogP contribution in [0.5, 0.6) is 11.5 Å². The van der Waals surface area contributed by atoms with Crippen molar-refractivity contribution in [2.75, 3.05) is 6.61 Å². The van der Waals surface area contributed by atoms with E-state index in [4.69, 9.17) is 13.6 Å². The van der Waals surface area contributed by atoms with Crippen molar-refractivity contribution < 1.29 is 18.4 Å². The van der Waals surface area contributed by atoms with E-state index in [0.717, 1.165) is 17.1 Å². The summed E-state index contributed by atoms with van der Waals surface area (Å²) < 4.78 is 18.5. The van der Waals surface area contributed by atoms with Crippen molar-refractivity contribution in [3.8, 4) is 11.5 Å². The van der Waals surface area contributed by atoms with Crippen LogP contribution in [0.2, 0.25) is 36.3 Å².